The van der Waals surface area contributed by atoms with Crippen molar-refractivity contribution in [2.75, 3.05) is 31.6 Å². The predicted molar refractivity (Wildman–Crippen MR) is 139 cm³/mol. The number of nitrogens with one attached hydrogen (secondary N) is 1. The number of benzene rings is 1. The van der Waals surface area contributed by atoms with Crippen LogP contribution in [0.5, 0.6) is 0 Å². The summed E-state index contributed by atoms with van der Waals surface area (Å²) in [5.74, 6) is 0.323. The molecule has 1 aromatic carbocycles. The van der Waals surface area contributed by atoms with Gasteiger partial charge in [0.05, 0.1) is 13.0 Å². The minimum atomic E-state index is -0.110. The number of esters is 1. The average molecular weight is 493 g/mol. The molecule has 2 aliphatic rings. The van der Waals surface area contributed by atoms with Gasteiger partial charge in [-0.25, -0.2) is 0 Å². The smallest absolute Gasteiger partial charge is 0.308 e. The Morgan fingerprint density at radius 1 is 1.03 bits per heavy atom. The average Bonchev–Trinajstić information content (AvgIpc) is 2.86. The number of carbonyl (C=O) groups excluding carboxylic acids is 2. The maximum absolute atomic E-state index is 13.6. The summed E-state index contributed by atoms with van der Waals surface area (Å²) in [5.41, 5.74) is 7.41. The van der Waals surface area contributed by atoms with Crippen LogP contribution in [0, 0.1) is 17.2 Å². The fourth-order valence-corrected chi connectivity index (χ4v) is 5.27. The number of amidine groups is 1. The maximum atomic E-state index is 13.6. The molecule has 1 aromatic rings. The predicted octanol–water partition coefficient (Wildman–Crippen LogP) is 4.36. The van der Waals surface area contributed by atoms with Gasteiger partial charge in [0.15, 0.2) is 0 Å². The molecule has 1 aliphatic heterocycles. The van der Waals surface area contributed by atoms with E-state index in [1.807, 2.05) is 24.3 Å². The number of anilines is 1. The molecule has 8 heteroatoms. The zero-order valence-corrected chi connectivity index (χ0v) is 21.4. The van der Waals surface area contributed by atoms with Crippen LogP contribution in [-0.4, -0.2) is 55.4 Å². The lowest BCUT2D eigenvalue weighted by Gasteiger charge is -2.40. The van der Waals surface area contributed by atoms with Gasteiger partial charge < -0.3 is 20.3 Å². The summed E-state index contributed by atoms with van der Waals surface area (Å²) in [6, 6.07) is 8.03. The number of rotatable bonds is 9. The molecule has 3 rings (SSSR count). The van der Waals surface area contributed by atoms with Crippen LogP contribution in [0.4, 0.5) is 5.69 Å². The Morgan fingerprint density at radius 3 is 2.18 bits per heavy atom. The van der Waals surface area contributed by atoms with E-state index < -0.39 is 0 Å². The van der Waals surface area contributed by atoms with E-state index in [2.05, 4.69) is 16.7 Å². The molecule has 0 aromatic heterocycles. The van der Waals surface area contributed by atoms with E-state index in [-0.39, 0.29) is 42.1 Å². The van der Waals surface area contributed by atoms with Gasteiger partial charge in [-0.05, 0) is 69.2 Å². The first kappa shape index (κ1) is 28.0. The highest BCUT2D eigenvalue weighted by Crippen LogP contribution is 2.31. The Labute approximate surface area is 210 Å². The second-order valence-corrected chi connectivity index (χ2v) is 9.49. The van der Waals surface area contributed by atoms with Gasteiger partial charge in [-0.1, -0.05) is 19.8 Å². The van der Waals surface area contributed by atoms with Crippen LogP contribution < -0.4 is 10.6 Å². The molecule has 1 aliphatic carbocycles. The first-order chi connectivity index (χ1) is 15.9. The number of nitrogen functional groups attached to an aromatic ring is 1. The van der Waals surface area contributed by atoms with Crippen LogP contribution in [0.2, 0.25) is 0 Å². The molecule has 0 spiro atoms. The van der Waals surface area contributed by atoms with Crippen LogP contribution in [0.3, 0.4) is 0 Å². The summed E-state index contributed by atoms with van der Waals surface area (Å²) in [7, 11) is 1.46. The summed E-state index contributed by atoms with van der Waals surface area (Å²) < 4.78 is 4.93. The molecular formula is C26H41ClN4O3. The number of methoxy groups -OCH3 is 1. The van der Waals surface area contributed by atoms with Gasteiger partial charge in [-0.3, -0.25) is 15.0 Å². The molecule has 190 valence electrons. The number of unbranched alkanes of at least 4 members (excludes halogenated alkanes) is 2. The minimum absolute atomic E-state index is 0. The van der Waals surface area contributed by atoms with Gasteiger partial charge >= 0.3 is 5.97 Å². The molecule has 1 saturated carbocycles. The van der Waals surface area contributed by atoms with Crippen molar-refractivity contribution in [2.45, 2.75) is 70.8 Å². The summed E-state index contributed by atoms with van der Waals surface area (Å²) in [6.45, 7) is 4.72. The van der Waals surface area contributed by atoms with Gasteiger partial charge in [0, 0.05) is 42.8 Å². The van der Waals surface area contributed by atoms with Gasteiger partial charge in [-0.2, -0.15) is 0 Å². The number of hydrogen-bond donors (Lipinski definition) is 2. The molecule has 7 nitrogen and oxygen atoms in total. The highest BCUT2D eigenvalue weighted by atomic mass is 35.5. The first-order valence-corrected chi connectivity index (χ1v) is 12.5. The molecule has 0 unspecified atom stereocenters. The Hall–Kier alpha value is -2.28. The third kappa shape index (κ3) is 7.11. The number of nitrogens with two attached hydrogens (primary N) is 1. The molecule has 34 heavy (non-hydrogen) atoms. The number of halogens is 1. The van der Waals surface area contributed by atoms with Crippen molar-refractivity contribution in [3.8, 4) is 0 Å². The normalized spacial score (nSPS) is 20.8. The number of piperidine rings is 1. The molecule has 1 saturated heterocycles. The van der Waals surface area contributed by atoms with E-state index in [0.717, 1.165) is 88.7 Å². The van der Waals surface area contributed by atoms with Crippen molar-refractivity contribution < 1.29 is 14.3 Å². The number of ether oxygens (including phenoxy) is 1. The van der Waals surface area contributed by atoms with Gasteiger partial charge in [0.2, 0.25) is 5.91 Å². The number of amides is 1. The molecule has 1 heterocycles. The van der Waals surface area contributed by atoms with E-state index in [1.165, 1.54) is 7.11 Å². The second-order valence-electron chi connectivity index (χ2n) is 9.49. The van der Waals surface area contributed by atoms with Crippen molar-refractivity contribution in [2.24, 2.45) is 17.6 Å². The standard InChI is InChI=1S/C26H40N4O3.ClH/c1-3-4-5-16-30(23-12-8-21(9-13-23)26(32)33-2)25(31)20-14-17-29(18-15-20)22-10-6-19(7-11-22)24(27)28;/h6-7,10-11,20-21,23H,3-5,8-9,12-18H2,1-2H3,(H3,27,28);1H/t21-,23-;. The summed E-state index contributed by atoms with van der Waals surface area (Å²) >= 11 is 0. The molecule has 0 bridgehead atoms. The van der Waals surface area contributed by atoms with Crippen LogP contribution in [0.15, 0.2) is 24.3 Å². The Morgan fingerprint density at radius 2 is 1.65 bits per heavy atom. The van der Waals surface area contributed by atoms with Crippen molar-refractivity contribution in [3.63, 3.8) is 0 Å². The Bertz CT molecular complexity index is 801. The molecule has 0 radical (unpaired) electrons. The Kier molecular flexibility index (Phi) is 11.2. The van der Waals surface area contributed by atoms with Crippen molar-refractivity contribution in [3.05, 3.63) is 29.8 Å². The van der Waals surface area contributed by atoms with E-state index in [4.69, 9.17) is 15.9 Å². The molecular weight excluding hydrogens is 452 g/mol. The summed E-state index contributed by atoms with van der Waals surface area (Å²) in [4.78, 5) is 30.0. The lowest BCUT2D eigenvalue weighted by atomic mass is 9.84. The SMILES string of the molecule is CCCCCN(C(=O)C1CCN(c2ccc(C(=N)N)cc2)CC1)[C@H]1CC[C@H](C(=O)OC)CC1.Cl. The van der Waals surface area contributed by atoms with Crippen molar-refractivity contribution in [1.82, 2.24) is 4.90 Å². The summed E-state index contributed by atoms with van der Waals surface area (Å²) in [6.07, 6.45) is 8.42. The fourth-order valence-electron chi connectivity index (χ4n) is 5.27. The first-order valence-electron chi connectivity index (χ1n) is 12.5. The van der Waals surface area contributed by atoms with Crippen molar-refractivity contribution in [1.29, 1.82) is 5.41 Å². The summed E-state index contributed by atoms with van der Waals surface area (Å²) in [5, 5.41) is 7.55. The van der Waals surface area contributed by atoms with E-state index in [9.17, 15) is 9.59 Å². The van der Waals surface area contributed by atoms with Gasteiger partial charge in [0.25, 0.3) is 0 Å². The van der Waals surface area contributed by atoms with Crippen molar-refractivity contribution >= 4 is 35.8 Å². The number of nitrogens with zero attached hydrogens (tertiary/aromatic N) is 2. The van der Waals surface area contributed by atoms with Crippen LogP contribution in [-0.2, 0) is 14.3 Å². The van der Waals surface area contributed by atoms with Gasteiger partial charge in [0.1, 0.15) is 5.84 Å². The third-order valence-corrected chi connectivity index (χ3v) is 7.35. The third-order valence-electron chi connectivity index (χ3n) is 7.35. The highest BCUT2D eigenvalue weighted by molar-refractivity contribution is 5.95. The molecule has 3 N–H and O–H groups in total. The van der Waals surface area contributed by atoms with E-state index >= 15 is 0 Å². The fraction of sp³-hybridized carbons (Fsp3) is 0.654. The number of carbonyl (C=O) groups is 2. The zero-order chi connectivity index (χ0) is 23.8. The molecule has 2 fully saturated rings. The van der Waals surface area contributed by atoms with E-state index in [1.54, 1.807) is 0 Å². The maximum Gasteiger partial charge on any atom is 0.308 e. The Balaban J connectivity index is 0.00000408. The van der Waals surface area contributed by atoms with E-state index in [0.29, 0.717) is 5.91 Å². The highest BCUT2D eigenvalue weighted by Gasteiger charge is 2.35. The largest absolute Gasteiger partial charge is 0.469 e. The quantitative estimate of drug-likeness (QED) is 0.231. The lowest BCUT2D eigenvalue weighted by molar-refractivity contribution is -0.147. The number of hydrogen-bond acceptors (Lipinski definition) is 5. The lowest BCUT2D eigenvalue weighted by Crippen LogP contribution is -2.48. The van der Waals surface area contributed by atoms with Crippen LogP contribution in [0.25, 0.3) is 0 Å². The molecule has 0 atom stereocenters. The topological polar surface area (TPSA) is 99.7 Å². The van der Waals surface area contributed by atoms with Crippen LogP contribution in [0.1, 0.15) is 70.3 Å². The van der Waals surface area contributed by atoms with Gasteiger partial charge in [-0.15, -0.1) is 12.4 Å². The second kappa shape index (κ2) is 13.6. The van der Waals surface area contributed by atoms with Crippen LogP contribution >= 0.6 is 12.4 Å². The zero-order valence-electron chi connectivity index (χ0n) is 20.6. The minimum Gasteiger partial charge on any atom is -0.469 e. The monoisotopic (exact) mass is 492 g/mol. The molecule has 1 amide bonds.